The predicted octanol–water partition coefficient (Wildman–Crippen LogP) is 1.30. The SMILES string of the molecule is C=CC(O)COC(=O)c1ccc([N+](=O)[O-])cc1. The summed E-state index contributed by atoms with van der Waals surface area (Å²) in [6.07, 6.45) is 0.320. The van der Waals surface area contributed by atoms with Crippen LogP contribution in [0.4, 0.5) is 5.69 Å². The van der Waals surface area contributed by atoms with Gasteiger partial charge in [-0.3, -0.25) is 10.1 Å². The highest BCUT2D eigenvalue weighted by Gasteiger charge is 2.11. The number of aliphatic hydroxyl groups is 1. The minimum atomic E-state index is -0.919. The van der Waals surface area contributed by atoms with Crippen LogP contribution >= 0.6 is 0 Å². The summed E-state index contributed by atoms with van der Waals surface area (Å²) < 4.78 is 4.75. The molecule has 0 spiro atoms. The molecule has 1 unspecified atom stereocenters. The molecular formula is C11H11NO5. The molecule has 1 rings (SSSR count). The molecule has 6 nitrogen and oxygen atoms in total. The first-order chi connectivity index (χ1) is 8.04. The zero-order valence-electron chi connectivity index (χ0n) is 8.91. The van der Waals surface area contributed by atoms with E-state index in [0.29, 0.717) is 0 Å². The summed E-state index contributed by atoms with van der Waals surface area (Å²) in [7, 11) is 0. The number of nitro groups is 1. The van der Waals surface area contributed by atoms with Gasteiger partial charge in [-0.1, -0.05) is 6.08 Å². The molecular weight excluding hydrogens is 226 g/mol. The Morgan fingerprint density at radius 1 is 1.53 bits per heavy atom. The summed E-state index contributed by atoms with van der Waals surface area (Å²) in [5.41, 5.74) is 0.0829. The molecule has 0 aliphatic carbocycles. The molecule has 0 saturated heterocycles. The Morgan fingerprint density at radius 2 is 2.12 bits per heavy atom. The topological polar surface area (TPSA) is 89.7 Å². The zero-order chi connectivity index (χ0) is 12.8. The molecule has 1 atom stereocenters. The number of carbonyl (C=O) groups is 1. The largest absolute Gasteiger partial charge is 0.459 e. The summed E-state index contributed by atoms with van der Waals surface area (Å²) in [5, 5.41) is 19.5. The van der Waals surface area contributed by atoms with E-state index in [2.05, 4.69) is 6.58 Å². The van der Waals surface area contributed by atoms with Gasteiger partial charge in [-0.2, -0.15) is 0 Å². The van der Waals surface area contributed by atoms with E-state index in [9.17, 15) is 14.9 Å². The van der Waals surface area contributed by atoms with Gasteiger partial charge < -0.3 is 9.84 Å². The van der Waals surface area contributed by atoms with Crippen molar-refractivity contribution in [3.63, 3.8) is 0 Å². The second-order valence-corrected chi connectivity index (χ2v) is 3.21. The fourth-order valence-corrected chi connectivity index (χ4v) is 1.03. The van der Waals surface area contributed by atoms with Crippen LogP contribution in [0.25, 0.3) is 0 Å². The average Bonchev–Trinajstić information content (AvgIpc) is 2.35. The maximum absolute atomic E-state index is 11.4. The lowest BCUT2D eigenvalue weighted by molar-refractivity contribution is -0.384. The minimum absolute atomic E-state index is 0.104. The van der Waals surface area contributed by atoms with Crippen LogP contribution in [0.5, 0.6) is 0 Å². The third-order valence-electron chi connectivity index (χ3n) is 1.97. The van der Waals surface area contributed by atoms with Crippen LogP contribution in [-0.4, -0.2) is 28.7 Å². The molecule has 0 amide bonds. The Kier molecular flexibility index (Phi) is 4.36. The van der Waals surface area contributed by atoms with Gasteiger partial charge in [0.15, 0.2) is 0 Å². The number of hydrogen-bond donors (Lipinski definition) is 1. The Bertz CT molecular complexity index is 426. The Balaban J connectivity index is 2.63. The van der Waals surface area contributed by atoms with E-state index >= 15 is 0 Å². The van der Waals surface area contributed by atoms with Crippen LogP contribution in [0.3, 0.4) is 0 Å². The van der Waals surface area contributed by atoms with Crippen LogP contribution in [-0.2, 0) is 4.74 Å². The number of carbonyl (C=O) groups excluding carboxylic acids is 1. The highest BCUT2D eigenvalue weighted by atomic mass is 16.6. The second-order valence-electron chi connectivity index (χ2n) is 3.21. The number of nitro benzene ring substituents is 1. The third-order valence-corrected chi connectivity index (χ3v) is 1.97. The number of esters is 1. The van der Waals surface area contributed by atoms with E-state index in [1.54, 1.807) is 0 Å². The Labute approximate surface area is 97.3 Å². The van der Waals surface area contributed by atoms with Crippen LogP contribution < -0.4 is 0 Å². The molecule has 0 aliphatic heterocycles. The third kappa shape index (κ3) is 3.69. The van der Waals surface area contributed by atoms with E-state index in [1.165, 1.54) is 30.3 Å². The number of hydrogen-bond acceptors (Lipinski definition) is 5. The van der Waals surface area contributed by atoms with Gasteiger partial charge in [-0.25, -0.2) is 4.79 Å². The summed E-state index contributed by atoms with van der Waals surface area (Å²) >= 11 is 0. The van der Waals surface area contributed by atoms with Gasteiger partial charge in [-0.05, 0) is 12.1 Å². The summed E-state index contributed by atoms with van der Waals surface area (Å²) in [5.74, 6) is -0.652. The fourth-order valence-electron chi connectivity index (χ4n) is 1.03. The first-order valence-corrected chi connectivity index (χ1v) is 4.77. The van der Waals surface area contributed by atoms with E-state index in [-0.39, 0.29) is 17.9 Å². The van der Waals surface area contributed by atoms with Crippen molar-refractivity contribution in [3.05, 3.63) is 52.6 Å². The molecule has 1 aromatic rings. The fraction of sp³-hybridized carbons (Fsp3) is 0.182. The molecule has 0 aliphatic rings. The zero-order valence-corrected chi connectivity index (χ0v) is 8.91. The van der Waals surface area contributed by atoms with Crippen molar-refractivity contribution in [2.45, 2.75) is 6.10 Å². The molecule has 0 saturated carbocycles. The van der Waals surface area contributed by atoms with E-state index in [4.69, 9.17) is 9.84 Å². The molecule has 1 aromatic carbocycles. The van der Waals surface area contributed by atoms with Gasteiger partial charge >= 0.3 is 5.97 Å². The van der Waals surface area contributed by atoms with Crippen LogP contribution in [0.2, 0.25) is 0 Å². The second kappa shape index (κ2) is 5.76. The summed E-state index contributed by atoms with van der Waals surface area (Å²) in [6.45, 7) is 3.13. The molecule has 0 radical (unpaired) electrons. The molecule has 0 heterocycles. The molecule has 1 N–H and O–H groups in total. The van der Waals surface area contributed by atoms with Crippen molar-refractivity contribution in [1.82, 2.24) is 0 Å². The van der Waals surface area contributed by atoms with Crippen molar-refractivity contribution in [1.29, 1.82) is 0 Å². The highest BCUT2D eigenvalue weighted by Crippen LogP contribution is 2.12. The quantitative estimate of drug-likeness (QED) is 0.361. The van der Waals surface area contributed by atoms with Crippen molar-refractivity contribution < 1.29 is 19.6 Å². The normalized spacial score (nSPS) is 11.6. The smallest absolute Gasteiger partial charge is 0.338 e. The first-order valence-electron chi connectivity index (χ1n) is 4.77. The van der Waals surface area contributed by atoms with Crippen LogP contribution in [0, 0.1) is 10.1 Å². The van der Waals surface area contributed by atoms with Crippen molar-refractivity contribution in [2.24, 2.45) is 0 Å². The highest BCUT2D eigenvalue weighted by molar-refractivity contribution is 5.89. The predicted molar refractivity (Wildman–Crippen MR) is 59.6 cm³/mol. The number of rotatable bonds is 5. The van der Waals surface area contributed by atoms with Gasteiger partial charge in [0.05, 0.1) is 10.5 Å². The maximum Gasteiger partial charge on any atom is 0.338 e. The average molecular weight is 237 g/mol. The lowest BCUT2D eigenvalue weighted by Gasteiger charge is -2.06. The lowest BCUT2D eigenvalue weighted by atomic mass is 10.2. The lowest BCUT2D eigenvalue weighted by Crippen LogP contribution is -2.16. The number of nitrogens with zero attached hydrogens (tertiary/aromatic N) is 1. The van der Waals surface area contributed by atoms with Gasteiger partial charge in [0.2, 0.25) is 0 Å². The monoisotopic (exact) mass is 237 g/mol. The number of ether oxygens (including phenoxy) is 1. The molecule has 17 heavy (non-hydrogen) atoms. The summed E-state index contributed by atoms with van der Waals surface area (Å²) in [6, 6.07) is 5.00. The van der Waals surface area contributed by atoms with Gasteiger partial charge in [0.1, 0.15) is 12.7 Å². The molecule has 90 valence electrons. The standard InChI is InChI=1S/C11H11NO5/c1-2-10(13)7-17-11(14)8-3-5-9(6-4-8)12(15)16/h2-6,10,13H,1,7H2. The van der Waals surface area contributed by atoms with E-state index < -0.39 is 17.0 Å². The van der Waals surface area contributed by atoms with E-state index in [1.807, 2.05) is 0 Å². The molecule has 0 bridgehead atoms. The number of aliphatic hydroxyl groups excluding tert-OH is 1. The van der Waals surface area contributed by atoms with Gasteiger partial charge in [0, 0.05) is 12.1 Å². The van der Waals surface area contributed by atoms with Gasteiger partial charge in [0.25, 0.3) is 5.69 Å². The van der Waals surface area contributed by atoms with E-state index in [0.717, 1.165) is 0 Å². The molecule has 6 heteroatoms. The summed E-state index contributed by atoms with van der Waals surface area (Å²) in [4.78, 5) is 21.2. The maximum atomic E-state index is 11.4. The Morgan fingerprint density at radius 3 is 2.59 bits per heavy atom. The number of non-ortho nitro benzene ring substituents is 1. The molecule has 0 aromatic heterocycles. The van der Waals surface area contributed by atoms with Gasteiger partial charge in [-0.15, -0.1) is 6.58 Å². The van der Waals surface area contributed by atoms with Crippen molar-refractivity contribution in [3.8, 4) is 0 Å². The first kappa shape index (κ1) is 12.9. The Hall–Kier alpha value is -2.21. The number of benzene rings is 1. The van der Waals surface area contributed by atoms with Crippen molar-refractivity contribution in [2.75, 3.05) is 6.61 Å². The molecule has 0 fully saturated rings. The van der Waals surface area contributed by atoms with Crippen LogP contribution in [0.1, 0.15) is 10.4 Å². The minimum Gasteiger partial charge on any atom is -0.459 e. The van der Waals surface area contributed by atoms with Crippen LogP contribution in [0.15, 0.2) is 36.9 Å². The van der Waals surface area contributed by atoms with Crippen molar-refractivity contribution >= 4 is 11.7 Å².